The minimum absolute atomic E-state index is 0.387. The van der Waals surface area contributed by atoms with Crippen LogP contribution in [0.25, 0.3) is 0 Å². The van der Waals surface area contributed by atoms with E-state index >= 15 is 0 Å². The molecule has 1 aromatic rings. The van der Waals surface area contributed by atoms with Gasteiger partial charge in [0, 0.05) is 39.6 Å². The maximum Gasteiger partial charge on any atom is 0.142 e. The fraction of sp³-hybridized carbons (Fsp3) is 0.538. The monoisotopic (exact) mass is 247 g/mol. The molecule has 0 atom stereocenters. The fourth-order valence-electron chi connectivity index (χ4n) is 2.13. The van der Waals surface area contributed by atoms with Crippen LogP contribution in [0.3, 0.4) is 0 Å². The van der Waals surface area contributed by atoms with E-state index in [2.05, 4.69) is 4.98 Å². The SMILES string of the molecule is CN(CC1(O)CCOCC1)c1cccc(C#N)n1. The zero-order valence-electron chi connectivity index (χ0n) is 10.5. The van der Waals surface area contributed by atoms with Gasteiger partial charge in [0.05, 0.1) is 5.60 Å². The van der Waals surface area contributed by atoms with Crippen LogP contribution in [0.5, 0.6) is 0 Å². The lowest BCUT2D eigenvalue weighted by Gasteiger charge is -2.35. The maximum absolute atomic E-state index is 10.4. The number of anilines is 1. The van der Waals surface area contributed by atoms with E-state index in [1.807, 2.05) is 24.1 Å². The van der Waals surface area contributed by atoms with Crippen molar-refractivity contribution in [2.45, 2.75) is 18.4 Å². The average Bonchev–Trinajstić information content (AvgIpc) is 2.39. The predicted molar refractivity (Wildman–Crippen MR) is 67.2 cm³/mol. The van der Waals surface area contributed by atoms with Crippen LogP contribution in [0, 0.1) is 11.3 Å². The molecule has 0 saturated carbocycles. The molecule has 18 heavy (non-hydrogen) atoms. The van der Waals surface area contributed by atoms with Crippen molar-refractivity contribution >= 4 is 5.82 Å². The van der Waals surface area contributed by atoms with Gasteiger partial charge in [-0.3, -0.25) is 0 Å². The van der Waals surface area contributed by atoms with Gasteiger partial charge >= 0.3 is 0 Å². The first kappa shape index (κ1) is 12.8. The second-order valence-electron chi connectivity index (χ2n) is 4.69. The minimum atomic E-state index is -0.725. The van der Waals surface area contributed by atoms with Gasteiger partial charge in [0.15, 0.2) is 0 Å². The van der Waals surface area contributed by atoms with Gasteiger partial charge in [-0.2, -0.15) is 5.26 Å². The third kappa shape index (κ3) is 2.97. The van der Waals surface area contributed by atoms with E-state index in [0.29, 0.717) is 44.1 Å². The van der Waals surface area contributed by atoms with Gasteiger partial charge in [0.2, 0.25) is 0 Å². The topological polar surface area (TPSA) is 69.4 Å². The molecule has 0 amide bonds. The molecular formula is C13H17N3O2. The van der Waals surface area contributed by atoms with Crippen LogP contribution >= 0.6 is 0 Å². The number of nitriles is 1. The van der Waals surface area contributed by atoms with Crippen LogP contribution in [-0.2, 0) is 4.74 Å². The molecule has 1 N–H and O–H groups in total. The molecule has 0 aliphatic carbocycles. The summed E-state index contributed by atoms with van der Waals surface area (Å²) >= 11 is 0. The number of likely N-dealkylation sites (N-methyl/N-ethyl adjacent to an activating group) is 1. The Morgan fingerprint density at radius 3 is 2.89 bits per heavy atom. The summed E-state index contributed by atoms with van der Waals surface area (Å²) < 4.78 is 5.25. The van der Waals surface area contributed by atoms with E-state index in [0.717, 1.165) is 0 Å². The second kappa shape index (κ2) is 5.34. The number of hydrogen-bond donors (Lipinski definition) is 1. The van der Waals surface area contributed by atoms with Crippen molar-refractivity contribution in [3.8, 4) is 6.07 Å². The molecule has 1 aliphatic heterocycles. The molecule has 1 aliphatic rings. The predicted octanol–water partition coefficient (Wildman–Crippen LogP) is 0.931. The van der Waals surface area contributed by atoms with Crippen molar-refractivity contribution in [3.63, 3.8) is 0 Å². The summed E-state index contributed by atoms with van der Waals surface area (Å²) in [5.41, 5.74) is -0.338. The molecule has 1 aromatic heterocycles. The quantitative estimate of drug-likeness (QED) is 0.860. The Balaban J connectivity index is 2.06. The number of aliphatic hydroxyl groups is 1. The van der Waals surface area contributed by atoms with E-state index in [9.17, 15) is 5.11 Å². The number of hydrogen-bond acceptors (Lipinski definition) is 5. The fourth-order valence-corrected chi connectivity index (χ4v) is 2.13. The number of pyridine rings is 1. The largest absolute Gasteiger partial charge is 0.388 e. The summed E-state index contributed by atoms with van der Waals surface area (Å²) in [7, 11) is 1.87. The van der Waals surface area contributed by atoms with Crippen LogP contribution < -0.4 is 4.90 Å². The lowest BCUT2D eigenvalue weighted by Crippen LogP contribution is -2.46. The van der Waals surface area contributed by atoms with Crippen LogP contribution in [0.1, 0.15) is 18.5 Å². The smallest absolute Gasteiger partial charge is 0.142 e. The molecular weight excluding hydrogens is 230 g/mol. The summed E-state index contributed by atoms with van der Waals surface area (Å²) in [5, 5.41) is 19.2. The van der Waals surface area contributed by atoms with Gasteiger partial charge in [0.1, 0.15) is 17.6 Å². The highest BCUT2D eigenvalue weighted by atomic mass is 16.5. The molecule has 0 spiro atoms. The van der Waals surface area contributed by atoms with Crippen LogP contribution in [0.4, 0.5) is 5.82 Å². The van der Waals surface area contributed by atoms with Crippen LogP contribution in [-0.4, -0.2) is 42.5 Å². The first-order chi connectivity index (χ1) is 8.63. The van der Waals surface area contributed by atoms with E-state index in [-0.39, 0.29) is 0 Å². The van der Waals surface area contributed by atoms with Gasteiger partial charge in [-0.05, 0) is 12.1 Å². The third-order valence-corrected chi connectivity index (χ3v) is 3.20. The molecule has 5 heteroatoms. The Hall–Kier alpha value is -1.64. The number of aromatic nitrogens is 1. The normalized spacial score (nSPS) is 18.1. The van der Waals surface area contributed by atoms with Gasteiger partial charge in [-0.1, -0.05) is 6.07 Å². The summed E-state index contributed by atoms with van der Waals surface area (Å²) in [6.45, 7) is 1.68. The Kier molecular flexibility index (Phi) is 3.80. The molecule has 96 valence electrons. The molecule has 0 radical (unpaired) electrons. The van der Waals surface area contributed by atoms with Crippen molar-refractivity contribution in [2.24, 2.45) is 0 Å². The summed E-state index contributed by atoms with van der Waals surface area (Å²) in [4.78, 5) is 6.09. The third-order valence-electron chi connectivity index (χ3n) is 3.20. The van der Waals surface area contributed by atoms with Crippen LogP contribution in [0.2, 0.25) is 0 Å². The summed E-state index contributed by atoms with van der Waals surface area (Å²) in [6.07, 6.45) is 1.27. The molecule has 1 saturated heterocycles. The summed E-state index contributed by atoms with van der Waals surface area (Å²) in [6, 6.07) is 7.32. The highest BCUT2D eigenvalue weighted by Crippen LogP contribution is 2.23. The Morgan fingerprint density at radius 2 is 2.22 bits per heavy atom. The first-order valence-electron chi connectivity index (χ1n) is 6.01. The van der Waals surface area contributed by atoms with E-state index in [1.165, 1.54) is 0 Å². The summed E-state index contributed by atoms with van der Waals surface area (Å²) in [5.74, 6) is 0.703. The molecule has 0 aromatic carbocycles. The van der Waals surface area contributed by atoms with Gasteiger partial charge in [0.25, 0.3) is 0 Å². The number of ether oxygens (including phenoxy) is 1. The van der Waals surface area contributed by atoms with Gasteiger partial charge in [-0.25, -0.2) is 4.98 Å². The van der Waals surface area contributed by atoms with Crippen molar-refractivity contribution in [1.82, 2.24) is 4.98 Å². The lowest BCUT2D eigenvalue weighted by molar-refractivity contribution is -0.0573. The van der Waals surface area contributed by atoms with Gasteiger partial charge in [-0.15, -0.1) is 0 Å². The highest BCUT2D eigenvalue weighted by molar-refractivity contribution is 5.41. The minimum Gasteiger partial charge on any atom is -0.388 e. The number of rotatable bonds is 3. The van der Waals surface area contributed by atoms with Crippen molar-refractivity contribution < 1.29 is 9.84 Å². The van der Waals surface area contributed by atoms with Crippen molar-refractivity contribution in [2.75, 3.05) is 31.7 Å². The first-order valence-corrected chi connectivity index (χ1v) is 6.01. The van der Waals surface area contributed by atoms with Crippen LogP contribution in [0.15, 0.2) is 18.2 Å². The highest BCUT2D eigenvalue weighted by Gasteiger charge is 2.31. The zero-order valence-corrected chi connectivity index (χ0v) is 10.5. The van der Waals surface area contributed by atoms with E-state index < -0.39 is 5.60 Å². The molecule has 2 heterocycles. The Bertz CT molecular complexity index is 450. The molecule has 0 unspecified atom stereocenters. The standard InChI is InChI=1S/C13H17N3O2/c1-16(10-13(17)5-7-18-8-6-13)12-4-2-3-11(9-14)15-12/h2-4,17H,5-8,10H2,1H3. The molecule has 1 fully saturated rings. The zero-order chi connectivity index (χ0) is 13.0. The molecule has 0 bridgehead atoms. The maximum atomic E-state index is 10.4. The van der Waals surface area contributed by atoms with E-state index in [1.54, 1.807) is 12.1 Å². The van der Waals surface area contributed by atoms with Crippen molar-refractivity contribution in [3.05, 3.63) is 23.9 Å². The average molecular weight is 247 g/mol. The van der Waals surface area contributed by atoms with Crippen molar-refractivity contribution in [1.29, 1.82) is 5.26 Å². The molecule has 5 nitrogen and oxygen atoms in total. The second-order valence-corrected chi connectivity index (χ2v) is 4.69. The Morgan fingerprint density at radius 1 is 1.50 bits per heavy atom. The van der Waals surface area contributed by atoms with Gasteiger partial charge < -0.3 is 14.7 Å². The number of nitrogens with zero attached hydrogens (tertiary/aromatic N) is 3. The lowest BCUT2D eigenvalue weighted by atomic mass is 9.94. The molecule has 2 rings (SSSR count). The van der Waals surface area contributed by atoms with E-state index in [4.69, 9.17) is 10.00 Å². The Labute approximate surface area is 107 Å².